The van der Waals surface area contributed by atoms with Crippen molar-refractivity contribution in [2.24, 2.45) is 0 Å². The molecule has 0 amide bonds. The molecular weight excluding hydrogens is 862 g/mol. The van der Waals surface area contributed by atoms with Crippen molar-refractivity contribution in [3.8, 4) is 0 Å². The number of hydrogen-bond acceptors (Lipinski definition) is 14. The van der Waals surface area contributed by atoms with E-state index in [9.17, 15) is 14.5 Å². The van der Waals surface area contributed by atoms with Crippen molar-refractivity contribution < 1.29 is 65.5 Å². The molecule has 2 aliphatic heterocycles. The minimum absolute atomic E-state index is 0.0106. The summed E-state index contributed by atoms with van der Waals surface area (Å²) in [5.74, 6) is -4.24. The largest absolute Gasteiger partial charge is 0.447 e. The second-order valence-corrected chi connectivity index (χ2v) is 19.5. The number of benzene rings is 5. The number of carbonyl (C=O) groups excluding carboxylic acids is 1. The van der Waals surface area contributed by atoms with Gasteiger partial charge in [-0.25, -0.2) is 0 Å². The lowest BCUT2D eigenvalue weighted by Gasteiger charge is -2.46. The molecule has 2 fully saturated rings. The van der Waals surface area contributed by atoms with E-state index >= 15 is 4.57 Å². The third-order valence-electron chi connectivity index (χ3n) is 10.7. The van der Waals surface area contributed by atoms with Crippen LogP contribution in [0, 0.1) is 0 Å². The molecule has 0 aromatic heterocycles. The van der Waals surface area contributed by atoms with Gasteiger partial charge in [0.05, 0.1) is 46.2 Å². The van der Waals surface area contributed by atoms with Gasteiger partial charge in [0.1, 0.15) is 36.6 Å². The van der Waals surface area contributed by atoms with Crippen LogP contribution in [-0.4, -0.2) is 79.7 Å². The smallest absolute Gasteiger partial charge is 0.374 e. The van der Waals surface area contributed by atoms with Gasteiger partial charge < -0.3 is 42.6 Å². The summed E-state index contributed by atoms with van der Waals surface area (Å²) in [6.45, 7) is 0.774. The fraction of sp³-hybridized carbons (Fsp3) is 0.354. The van der Waals surface area contributed by atoms with Gasteiger partial charge in [-0.05, 0) is 27.8 Å². The van der Waals surface area contributed by atoms with Gasteiger partial charge >= 0.3 is 21.2 Å². The molecule has 10 atom stereocenters. The molecule has 5 aromatic carbocycles. The molecule has 0 saturated carbocycles. The quantitative estimate of drug-likeness (QED) is 0.0550. The zero-order chi connectivity index (χ0) is 44.8. The summed E-state index contributed by atoms with van der Waals surface area (Å²) in [5.41, 5.74) is 4.08. The minimum Gasteiger partial charge on any atom is -0.447 e. The molecule has 2 heterocycles. The number of aliphatic hydroxyl groups is 1. The molecule has 5 aromatic rings. The monoisotopic (exact) mass is 916 g/mol. The normalized spacial score (nSPS) is 28.0. The maximum absolute atomic E-state index is 15.6. The molecule has 340 valence electrons. The third kappa shape index (κ3) is 12.7. The Balaban J connectivity index is 1.22. The van der Waals surface area contributed by atoms with E-state index in [-0.39, 0.29) is 39.6 Å². The van der Waals surface area contributed by atoms with Crippen LogP contribution in [0.25, 0.3) is 0 Å². The van der Waals surface area contributed by atoms with E-state index in [1.165, 1.54) is 6.92 Å². The van der Waals surface area contributed by atoms with Crippen molar-refractivity contribution in [3.05, 3.63) is 179 Å². The van der Waals surface area contributed by atoms with Crippen molar-refractivity contribution >= 4 is 21.2 Å². The Kier molecular flexibility index (Phi) is 17.2. The average molecular weight is 917 g/mol. The van der Waals surface area contributed by atoms with E-state index in [1.54, 1.807) is 0 Å². The highest BCUT2D eigenvalue weighted by molar-refractivity contribution is 7.55. The van der Waals surface area contributed by atoms with Crippen molar-refractivity contribution in [1.29, 1.82) is 0 Å². The predicted octanol–water partition coefficient (Wildman–Crippen LogP) is 8.60. The Bertz CT molecular complexity index is 2260. The van der Waals surface area contributed by atoms with Crippen molar-refractivity contribution in [1.82, 2.24) is 0 Å². The molecule has 0 unspecified atom stereocenters. The SMILES string of the molecule is CO[P@@]1(=O)O[C@H](CO[P@]2(=O)O[C@H](COCc3ccccc3)[C@@H](OCc3ccccc3)[C@H](OCc3ccccc3)[C@H]2OC(C)=O)[C@@H](OCc2ccccc2)[C@H](OCc2ccccc2)[C@H]1O. The summed E-state index contributed by atoms with van der Waals surface area (Å²) in [4.78, 5) is 13.0. The van der Waals surface area contributed by atoms with E-state index < -0.39 is 76.1 Å². The van der Waals surface area contributed by atoms with E-state index in [4.69, 9.17) is 46.5 Å². The lowest BCUT2D eigenvalue weighted by atomic mass is 10.1. The topological polar surface area (TPSA) is 164 Å². The standard InChI is InChI=1S/C48H54O14P2/c1-35(49)60-48-46(58-32-40-26-16-7-17-27-40)44(56-30-38-22-12-5-13-23-38)41(33-54-28-36-18-8-3-9-19-36)62-64(48,52)59-34-42-43(55-29-37-20-10-4-11-21-37)45(47(50)63(51,53-2)61-42)57-31-39-24-14-6-15-25-39/h3-27,41-48,50H,28-34H2,1-2H3/t41-,42-,43-,44-,45+,46+,47+,48+,63-,64+/m1/s1. The van der Waals surface area contributed by atoms with Gasteiger partial charge in [-0.2, -0.15) is 0 Å². The number of ether oxygens (including phenoxy) is 6. The molecule has 14 nitrogen and oxygen atoms in total. The van der Waals surface area contributed by atoms with Gasteiger partial charge in [0.25, 0.3) is 0 Å². The van der Waals surface area contributed by atoms with E-state index in [0.29, 0.717) is 0 Å². The van der Waals surface area contributed by atoms with Crippen molar-refractivity contribution in [2.75, 3.05) is 20.3 Å². The van der Waals surface area contributed by atoms with Gasteiger partial charge in [-0.3, -0.25) is 23.0 Å². The number of hydrogen-bond donors (Lipinski definition) is 1. The van der Waals surface area contributed by atoms with Crippen LogP contribution >= 0.6 is 15.2 Å². The molecule has 2 aliphatic rings. The number of rotatable bonds is 21. The molecule has 0 radical (unpaired) electrons. The summed E-state index contributed by atoms with van der Waals surface area (Å²) in [6, 6.07) is 46.8. The first-order chi connectivity index (χ1) is 31.1. The first-order valence-electron chi connectivity index (χ1n) is 21.0. The lowest BCUT2D eigenvalue weighted by Crippen LogP contribution is -2.56. The first-order valence-corrected chi connectivity index (χ1v) is 24.2. The van der Waals surface area contributed by atoms with Crippen LogP contribution < -0.4 is 0 Å². The highest BCUT2D eigenvalue weighted by atomic mass is 31.2. The molecule has 2 saturated heterocycles. The average Bonchev–Trinajstić information content (AvgIpc) is 3.32. The fourth-order valence-corrected chi connectivity index (χ4v) is 11.1. The maximum Gasteiger partial charge on any atom is 0.374 e. The van der Waals surface area contributed by atoms with E-state index in [1.807, 2.05) is 152 Å². The second-order valence-electron chi connectivity index (χ2n) is 15.3. The van der Waals surface area contributed by atoms with Gasteiger partial charge in [0.15, 0.2) is 5.85 Å². The Morgan fingerprint density at radius 3 is 1.30 bits per heavy atom. The van der Waals surface area contributed by atoms with E-state index in [2.05, 4.69) is 0 Å². The van der Waals surface area contributed by atoms with E-state index in [0.717, 1.165) is 34.9 Å². The molecule has 0 bridgehead atoms. The number of aliphatic hydroxyl groups excluding tert-OH is 1. The molecule has 64 heavy (non-hydrogen) atoms. The van der Waals surface area contributed by atoms with Crippen molar-refractivity contribution in [3.63, 3.8) is 0 Å². The highest BCUT2D eigenvalue weighted by Crippen LogP contribution is 2.62. The third-order valence-corrected chi connectivity index (χ3v) is 14.8. The highest BCUT2D eigenvalue weighted by Gasteiger charge is 2.59. The molecule has 1 N–H and O–H groups in total. The van der Waals surface area contributed by atoms with Crippen LogP contribution in [0.15, 0.2) is 152 Å². The zero-order valence-corrected chi connectivity index (χ0v) is 37.4. The summed E-state index contributed by atoms with van der Waals surface area (Å²) < 4.78 is 91.9. The summed E-state index contributed by atoms with van der Waals surface area (Å²) in [6.07, 6.45) is -7.14. The predicted molar refractivity (Wildman–Crippen MR) is 236 cm³/mol. The zero-order valence-electron chi connectivity index (χ0n) is 35.7. The van der Waals surface area contributed by atoms with Gasteiger partial charge in [0.2, 0.25) is 5.85 Å². The van der Waals surface area contributed by atoms with Crippen LogP contribution in [0.4, 0.5) is 0 Å². The van der Waals surface area contributed by atoms with Crippen LogP contribution in [-0.2, 0) is 93.5 Å². The van der Waals surface area contributed by atoms with Gasteiger partial charge in [0, 0.05) is 14.0 Å². The Morgan fingerprint density at radius 2 is 0.875 bits per heavy atom. The van der Waals surface area contributed by atoms with Gasteiger partial charge in [-0.15, -0.1) is 0 Å². The Labute approximate surface area is 373 Å². The Hall–Kier alpha value is -4.37. The fourth-order valence-electron chi connectivity index (χ4n) is 7.42. The summed E-state index contributed by atoms with van der Waals surface area (Å²) >= 11 is 0. The van der Waals surface area contributed by atoms with Crippen LogP contribution in [0.5, 0.6) is 0 Å². The number of carbonyl (C=O) groups is 1. The molecule has 16 heteroatoms. The lowest BCUT2D eigenvalue weighted by molar-refractivity contribution is -0.197. The maximum atomic E-state index is 15.6. The first kappa shape index (κ1) is 47.6. The summed E-state index contributed by atoms with van der Waals surface area (Å²) in [5, 5.41) is 11.6. The van der Waals surface area contributed by atoms with Gasteiger partial charge in [-0.1, -0.05) is 152 Å². The molecular formula is C48H54O14P2. The molecule has 0 aliphatic carbocycles. The van der Waals surface area contributed by atoms with Crippen molar-refractivity contribution in [2.45, 2.75) is 88.3 Å². The Morgan fingerprint density at radius 1 is 0.516 bits per heavy atom. The van der Waals surface area contributed by atoms with Crippen LogP contribution in [0.2, 0.25) is 0 Å². The van der Waals surface area contributed by atoms with Crippen LogP contribution in [0.1, 0.15) is 34.7 Å². The molecule has 7 rings (SSSR count). The summed E-state index contributed by atoms with van der Waals surface area (Å²) in [7, 11) is -7.88. The number of esters is 1. The second kappa shape index (κ2) is 23.2. The van der Waals surface area contributed by atoms with Crippen LogP contribution in [0.3, 0.4) is 0 Å². The molecule has 0 spiro atoms. The minimum atomic E-state index is -4.67.